The van der Waals surface area contributed by atoms with E-state index < -0.39 is 0 Å². The van der Waals surface area contributed by atoms with Crippen molar-refractivity contribution in [2.24, 2.45) is 0 Å². The fourth-order valence-electron chi connectivity index (χ4n) is 1.38. The Kier molecular flexibility index (Phi) is 4.55. The molecule has 0 aliphatic heterocycles. The van der Waals surface area contributed by atoms with Gasteiger partial charge in [0.15, 0.2) is 0 Å². The third-order valence-electron chi connectivity index (χ3n) is 2.29. The number of aromatic nitrogens is 3. The van der Waals surface area contributed by atoms with Crippen LogP contribution >= 0.6 is 27.5 Å². The van der Waals surface area contributed by atoms with Crippen molar-refractivity contribution in [2.75, 3.05) is 11.9 Å². The predicted octanol–water partition coefficient (Wildman–Crippen LogP) is 3.74. The Morgan fingerprint density at radius 1 is 1.32 bits per heavy atom. The molecule has 2 rings (SSSR count). The molecule has 0 unspecified atom stereocenters. The summed E-state index contributed by atoms with van der Waals surface area (Å²) in [4.78, 5) is 12.0. The Balaban J connectivity index is 2.24. The number of hydrogen-bond donors (Lipinski definition) is 1. The van der Waals surface area contributed by atoms with E-state index >= 15 is 0 Å². The standard InChI is InChI=1S/C12H12BrClN4O/c1-3-19-12-17-10(14)16-11(18-12)15-8-5-4-7(2)9(13)6-8/h4-6H,3H2,1-2H3,(H,15,16,17,18). The third-order valence-corrected chi connectivity index (χ3v) is 3.31. The van der Waals surface area contributed by atoms with E-state index in [0.717, 1.165) is 15.7 Å². The first-order valence-electron chi connectivity index (χ1n) is 5.66. The van der Waals surface area contributed by atoms with Crippen LogP contribution in [0.5, 0.6) is 6.01 Å². The van der Waals surface area contributed by atoms with E-state index in [1.807, 2.05) is 32.0 Å². The molecule has 1 aromatic carbocycles. The topological polar surface area (TPSA) is 59.9 Å². The van der Waals surface area contributed by atoms with Gasteiger partial charge in [-0.05, 0) is 43.1 Å². The van der Waals surface area contributed by atoms with Crippen LogP contribution in [0.2, 0.25) is 5.28 Å². The van der Waals surface area contributed by atoms with Crippen molar-refractivity contribution < 1.29 is 4.74 Å². The highest BCUT2D eigenvalue weighted by molar-refractivity contribution is 9.10. The predicted molar refractivity (Wildman–Crippen MR) is 78.2 cm³/mol. The lowest BCUT2D eigenvalue weighted by Crippen LogP contribution is -2.03. The van der Waals surface area contributed by atoms with Gasteiger partial charge in [-0.2, -0.15) is 15.0 Å². The maximum atomic E-state index is 5.82. The molecule has 7 heteroatoms. The summed E-state index contributed by atoms with van der Waals surface area (Å²) in [5.74, 6) is 0.346. The number of rotatable bonds is 4. The van der Waals surface area contributed by atoms with Crippen LogP contribution in [-0.2, 0) is 0 Å². The maximum Gasteiger partial charge on any atom is 0.322 e. The summed E-state index contributed by atoms with van der Waals surface area (Å²) in [5, 5.41) is 3.14. The summed E-state index contributed by atoms with van der Waals surface area (Å²) in [7, 11) is 0. The lowest BCUT2D eigenvalue weighted by atomic mass is 10.2. The van der Waals surface area contributed by atoms with Crippen LogP contribution in [0.25, 0.3) is 0 Å². The normalized spacial score (nSPS) is 10.3. The minimum atomic E-state index is 0.0899. The Hall–Kier alpha value is -1.40. The Morgan fingerprint density at radius 3 is 2.79 bits per heavy atom. The van der Waals surface area contributed by atoms with E-state index in [-0.39, 0.29) is 11.3 Å². The second-order valence-electron chi connectivity index (χ2n) is 3.73. The summed E-state index contributed by atoms with van der Waals surface area (Å²) in [5.41, 5.74) is 2.00. The molecule has 100 valence electrons. The summed E-state index contributed by atoms with van der Waals surface area (Å²) in [6, 6.07) is 6.06. The van der Waals surface area contributed by atoms with Gasteiger partial charge in [0.1, 0.15) is 0 Å². The Morgan fingerprint density at radius 2 is 2.11 bits per heavy atom. The average Bonchev–Trinajstić information content (AvgIpc) is 2.33. The van der Waals surface area contributed by atoms with Crippen molar-refractivity contribution in [3.05, 3.63) is 33.5 Å². The largest absolute Gasteiger partial charge is 0.464 e. The molecule has 0 spiro atoms. The van der Waals surface area contributed by atoms with E-state index in [1.54, 1.807) is 0 Å². The molecular weight excluding hydrogens is 332 g/mol. The van der Waals surface area contributed by atoms with Gasteiger partial charge in [0.05, 0.1) is 6.61 Å². The summed E-state index contributed by atoms with van der Waals surface area (Å²) < 4.78 is 6.21. The van der Waals surface area contributed by atoms with E-state index in [9.17, 15) is 0 Å². The third kappa shape index (κ3) is 3.78. The zero-order valence-corrected chi connectivity index (χ0v) is 12.8. The van der Waals surface area contributed by atoms with Gasteiger partial charge >= 0.3 is 6.01 Å². The van der Waals surface area contributed by atoms with Crippen molar-refractivity contribution in [3.8, 4) is 6.01 Å². The summed E-state index contributed by atoms with van der Waals surface area (Å²) in [6.07, 6.45) is 0. The molecule has 5 nitrogen and oxygen atoms in total. The molecule has 0 bridgehead atoms. The second kappa shape index (κ2) is 6.16. The van der Waals surface area contributed by atoms with Crippen LogP contribution in [0, 0.1) is 6.92 Å². The van der Waals surface area contributed by atoms with E-state index in [4.69, 9.17) is 16.3 Å². The minimum Gasteiger partial charge on any atom is -0.464 e. The zero-order chi connectivity index (χ0) is 13.8. The van der Waals surface area contributed by atoms with Crippen molar-refractivity contribution in [1.29, 1.82) is 0 Å². The fraction of sp³-hybridized carbons (Fsp3) is 0.250. The molecule has 0 saturated carbocycles. The second-order valence-corrected chi connectivity index (χ2v) is 4.92. The van der Waals surface area contributed by atoms with Crippen molar-refractivity contribution in [2.45, 2.75) is 13.8 Å². The van der Waals surface area contributed by atoms with E-state index in [0.29, 0.717) is 12.6 Å². The SMILES string of the molecule is CCOc1nc(Cl)nc(Nc2ccc(C)c(Br)c2)n1. The van der Waals surface area contributed by atoms with Gasteiger partial charge in [0, 0.05) is 10.2 Å². The summed E-state index contributed by atoms with van der Waals surface area (Å²) >= 11 is 9.29. The molecule has 1 aromatic heterocycles. The first kappa shape index (κ1) is 14.0. The number of nitrogens with zero attached hydrogens (tertiary/aromatic N) is 3. The van der Waals surface area contributed by atoms with Gasteiger partial charge in [-0.15, -0.1) is 0 Å². The molecule has 0 aliphatic rings. The van der Waals surface area contributed by atoms with Crippen LogP contribution in [0.15, 0.2) is 22.7 Å². The van der Waals surface area contributed by atoms with Crippen molar-refractivity contribution >= 4 is 39.2 Å². The molecule has 1 N–H and O–H groups in total. The molecular formula is C12H12BrClN4O. The number of aryl methyl sites for hydroxylation is 1. The smallest absolute Gasteiger partial charge is 0.322 e. The molecule has 19 heavy (non-hydrogen) atoms. The first-order chi connectivity index (χ1) is 9.08. The maximum absolute atomic E-state index is 5.82. The molecule has 0 atom stereocenters. The number of ether oxygens (including phenoxy) is 1. The van der Waals surface area contributed by atoms with E-state index in [1.165, 1.54) is 0 Å². The number of hydrogen-bond acceptors (Lipinski definition) is 5. The number of benzene rings is 1. The van der Waals surface area contributed by atoms with Crippen LogP contribution < -0.4 is 10.1 Å². The van der Waals surface area contributed by atoms with Gasteiger partial charge in [-0.3, -0.25) is 0 Å². The van der Waals surface area contributed by atoms with Crippen LogP contribution in [0.4, 0.5) is 11.6 Å². The lowest BCUT2D eigenvalue weighted by Gasteiger charge is -2.08. The Bertz CT molecular complexity index is 594. The van der Waals surface area contributed by atoms with Crippen LogP contribution in [0.3, 0.4) is 0 Å². The van der Waals surface area contributed by atoms with Crippen molar-refractivity contribution in [1.82, 2.24) is 15.0 Å². The molecule has 0 amide bonds. The van der Waals surface area contributed by atoms with Crippen LogP contribution in [-0.4, -0.2) is 21.6 Å². The molecule has 0 fully saturated rings. The molecule has 0 aliphatic carbocycles. The average molecular weight is 344 g/mol. The fourth-order valence-corrected chi connectivity index (χ4v) is 1.91. The Labute approximate surface area is 124 Å². The number of anilines is 2. The number of nitrogens with one attached hydrogen (secondary N) is 1. The van der Waals surface area contributed by atoms with Gasteiger partial charge in [0.2, 0.25) is 11.2 Å². The van der Waals surface area contributed by atoms with Crippen molar-refractivity contribution in [3.63, 3.8) is 0 Å². The molecule has 2 aromatic rings. The molecule has 0 saturated heterocycles. The van der Waals surface area contributed by atoms with Gasteiger partial charge in [-0.25, -0.2) is 0 Å². The zero-order valence-electron chi connectivity index (χ0n) is 10.4. The highest BCUT2D eigenvalue weighted by Gasteiger charge is 2.06. The van der Waals surface area contributed by atoms with Crippen LogP contribution in [0.1, 0.15) is 12.5 Å². The van der Waals surface area contributed by atoms with Gasteiger partial charge < -0.3 is 10.1 Å². The minimum absolute atomic E-state index is 0.0899. The monoisotopic (exact) mass is 342 g/mol. The lowest BCUT2D eigenvalue weighted by molar-refractivity contribution is 0.312. The number of halogens is 2. The first-order valence-corrected chi connectivity index (χ1v) is 6.83. The van der Waals surface area contributed by atoms with E-state index in [2.05, 4.69) is 36.2 Å². The van der Waals surface area contributed by atoms with Gasteiger partial charge in [0.25, 0.3) is 0 Å². The molecule has 1 heterocycles. The van der Waals surface area contributed by atoms with Gasteiger partial charge in [-0.1, -0.05) is 22.0 Å². The highest BCUT2D eigenvalue weighted by atomic mass is 79.9. The highest BCUT2D eigenvalue weighted by Crippen LogP contribution is 2.23. The quantitative estimate of drug-likeness (QED) is 0.916. The summed E-state index contributed by atoms with van der Waals surface area (Å²) in [6.45, 7) is 4.33. The molecule has 0 radical (unpaired) electrons.